The molecule has 1 heterocycles. The first-order valence-corrected chi connectivity index (χ1v) is 23.0. The predicted molar refractivity (Wildman–Crippen MR) is 269 cm³/mol. The fourth-order valence-corrected chi connectivity index (χ4v) is 12.8. The predicted octanol–water partition coefficient (Wildman–Crippen LogP) is 16.3. The molecule has 0 atom stereocenters. The van der Waals surface area contributed by atoms with E-state index < -0.39 is 10.8 Å². The van der Waals surface area contributed by atoms with Crippen LogP contribution in [0, 0.1) is 0 Å². The van der Waals surface area contributed by atoms with Crippen molar-refractivity contribution in [2.45, 2.75) is 10.8 Å². The van der Waals surface area contributed by atoms with Gasteiger partial charge in [0.1, 0.15) is 16.8 Å². The lowest BCUT2D eigenvalue weighted by Crippen LogP contribution is -2.26. The van der Waals surface area contributed by atoms with Gasteiger partial charge in [0.05, 0.1) is 5.41 Å². The van der Waals surface area contributed by atoms with E-state index in [9.17, 15) is 0 Å². The molecule has 4 aliphatic rings. The Morgan fingerprint density at radius 3 is 1.23 bits per heavy atom. The largest absolute Gasteiger partial charge is 0.459 e. The van der Waals surface area contributed by atoms with Crippen molar-refractivity contribution < 1.29 is 4.42 Å². The minimum absolute atomic E-state index is 0.466. The molecule has 0 N–H and O–H groups in total. The van der Waals surface area contributed by atoms with E-state index in [4.69, 9.17) is 4.42 Å². The van der Waals surface area contributed by atoms with Crippen LogP contribution in [0.3, 0.4) is 0 Å². The van der Waals surface area contributed by atoms with E-state index in [1.165, 1.54) is 94.6 Å². The first-order valence-electron chi connectivity index (χ1n) is 23.0. The van der Waals surface area contributed by atoms with Gasteiger partial charge in [-0.2, -0.15) is 0 Å². The summed E-state index contributed by atoms with van der Waals surface area (Å²) >= 11 is 0. The standard InChI is InChI=1S/C64H39NO/c1-2-16-40(17-3-1)41-30-32-42(33-31-41)65(43-34-36-50-49-22-6-12-26-55(49)63(58(50)38-43)53-24-10-4-18-45(53)46-19-5-11-25-54(46)63)44-35-37-51-59(39-44)64(62-61(51)52-23-9-15-29-60(52)66-62)56-27-13-7-20-47(56)48-21-8-14-28-57(48)64/h1-39H. The number of nitrogens with zero attached hydrogens (tertiary/aromatic N) is 1. The van der Waals surface area contributed by atoms with Crippen LogP contribution >= 0.6 is 0 Å². The van der Waals surface area contributed by atoms with E-state index >= 15 is 0 Å². The van der Waals surface area contributed by atoms with Gasteiger partial charge >= 0.3 is 0 Å². The number of rotatable bonds is 4. The van der Waals surface area contributed by atoms with Crippen molar-refractivity contribution >= 4 is 28.0 Å². The SMILES string of the molecule is c1ccc(-c2ccc(N(c3ccc4c(c3)C3(c5ccccc5-c5ccccc53)c3ccccc3-4)c3ccc4c(c3)C3(c5ccccc5-c5ccccc53)c3oc5ccccc5c3-4)cc2)cc1. The Hall–Kier alpha value is -8.46. The second kappa shape index (κ2) is 13.1. The second-order valence-corrected chi connectivity index (χ2v) is 18.2. The molecule has 0 unspecified atom stereocenters. The van der Waals surface area contributed by atoms with Crippen molar-refractivity contribution in [3.63, 3.8) is 0 Å². The average molecular weight is 838 g/mol. The van der Waals surface area contributed by atoms with Crippen molar-refractivity contribution in [3.05, 3.63) is 281 Å². The van der Waals surface area contributed by atoms with Crippen LogP contribution in [0.1, 0.15) is 44.7 Å². The van der Waals surface area contributed by atoms with Gasteiger partial charge in [0.2, 0.25) is 0 Å². The summed E-state index contributed by atoms with van der Waals surface area (Å²) in [7, 11) is 0. The molecule has 0 amide bonds. The zero-order chi connectivity index (χ0) is 43.1. The third kappa shape index (κ3) is 4.41. The van der Waals surface area contributed by atoms with Gasteiger partial charge in [-0.25, -0.2) is 0 Å². The Bertz CT molecular complexity index is 3730. The monoisotopic (exact) mass is 837 g/mol. The number of furan rings is 1. The zero-order valence-electron chi connectivity index (χ0n) is 35.9. The van der Waals surface area contributed by atoms with Gasteiger partial charge in [0.15, 0.2) is 0 Å². The highest BCUT2D eigenvalue weighted by Crippen LogP contribution is 2.66. The Morgan fingerprint density at radius 1 is 0.288 bits per heavy atom. The topological polar surface area (TPSA) is 16.4 Å². The van der Waals surface area contributed by atoms with Gasteiger partial charge in [0.25, 0.3) is 0 Å². The molecular weight excluding hydrogens is 799 g/mol. The highest BCUT2D eigenvalue weighted by Gasteiger charge is 2.56. The van der Waals surface area contributed by atoms with Gasteiger partial charge in [-0.3, -0.25) is 0 Å². The minimum Gasteiger partial charge on any atom is -0.459 e. The summed E-state index contributed by atoms with van der Waals surface area (Å²) in [6, 6.07) is 87.9. The van der Waals surface area contributed by atoms with Crippen LogP contribution in [-0.2, 0) is 10.8 Å². The Kier molecular flexibility index (Phi) is 7.11. The molecule has 4 aliphatic carbocycles. The van der Waals surface area contributed by atoms with Crippen LogP contribution in [0.25, 0.3) is 66.6 Å². The molecule has 2 spiro atoms. The van der Waals surface area contributed by atoms with Crippen molar-refractivity contribution in [3.8, 4) is 55.6 Å². The highest BCUT2D eigenvalue weighted by atomic mass is 16.3. The van der Waals surface area contributed by atoms with Crippen LogP contribution in [0.15, 0.2) is 241 Å². The van der Waals surface area contributed by atoms with E-state index in [-0.39, 0.29) is 0 Å². The van der Waals surface area contributed by atoms with Gasteiger partial charge < -0.3 is 9.32 Å². The summed E-state index contributed by atoms with van der Waals surface area (Å²) in [5.41, 5.74) is 24.7. The first-order chi connectivity index (χ1) is 32.7. The van der Waals surface area contributed by atoms with Crippen LogP contribution in [0.5, 0.6) is 0 Å². The fourth-order valence-electron chi connectivity index (χ4n) is 12.8. The van der Waals surface area contributed by atoms with Crippen LogP contribution in [-0.4, -0.2) is 0 Å². The van der Waals surface area contributed by atoms with E-state index in [2.05, 4.69) is 241 Å². The van der Waals surface area contributed by atoms with Gasteiger partial charge in [-0.05, 0) is 131 Å². The molecule has 0 bridgehead atoms. The summed E-state index contributed by atoms with van der Waals surface area (Å²) in [5, 5.41) is 1.15. The third-order valence-corrected chi connectivity index (χ3v) is 15.3. The van der Waals surface area contributed by atoms with E-state index in [1.807, 2.05) is 0 Å². The van der Waals surface area contributed by atoms with Crippen molar-refractivity contribution in [2.75, 3.05) is 4.90 Å². The minimum atomic E-state index is -0.642. The summed E-state index contributed by atoms with van der Waals surface area (Å²) in [4.78, 5) is 2.48. The molecule has 306 valence electrons. The van der Waals surface area contributed by atoms with Crippen molar-refractivity contribution in [1.29, 1.82) is 0 Å². The number of para-hydroxylation sites is 1. The zero-order valence-corrected chi connectivity index (χ0v) is 35.9. The lowest BCUT2D eigenvalue weighted by atomic mass is 9.70. The molecule has 11 aromatic rings. The van der Waals surface area contributed by atoms with E-state index in [0.717, 1.165) is 33.8 Å². The smallest absolute Gasteiger partial charge is 0.135 e. The Balaban J connectivity index is 1.01. The number of hydrogen-bond donors (Lipinski definition) is 0. The molecule has 0 saturated heterocycles. The molecular formula is C64H39NO. The first kappa shape index (κ1) is 35.9. The molecule has 0 saturated carbocycles. The third-order valence-electron chi connectivity index (χ3n) is 15.3. The summed E-state index contributed by atoms with van der Waals surface area (Å²) in [6.07, 6.45) is 0. The molecule has 66 heavy (non-hydrogen) atoms. The van der Waals surface area contributed by atoms with E-state index in [0.29, 0.717) is 0 Å². The summed E-state index contributed by atoms with van der Waals surface area (Å²) < 4.78 is 7.15. The quantitative estimate of drug-likeness (QED) is 0.176. The number of fused-ring (bicyclic) bond motifs is 22. The molecule has 0 fully saturated rings. The maximum atomic E-state index is 7.15. The number of anilines is 3. The molecule has 15 rings (SSSR count). The lowest BCUT2D eigenvalue weighted by Gasteiger charge is -2.33. The van der Waals surface area contributed by atoms with Crippen LogP contribution in [0.2, 0.25) is 0 Å². The lowest BCUT2D eigenvalue weighted by molar-refractivity contribution is 0.507. The number of hydrogen-bond acceptors (Lipinski definition) is 2. The van der Waals surface area contributed by atoms with Crippen LogP contribution in [0.4, 0.5) is 17.1 Å². The maximum absolute atomic E-state index is 7.15. The Morgan fingerprint density at radius 2 is 0.682 bits per heavy atom. The van der Waals surface area contributed by atoms with Crippen molar-refractivity contribution in [2.24, 2.45) is 0 Å². The summed E-state index contributed by atoms with van der Waals surface area (Å²) in [5.74, 6) is 1.00. The second-order valence-electron chi connectivity index (χ2n) is 18.2. The highest BCUT2D eigenvalue weighted by molar-refractivity contribution is 6.05. The maximum Gasteiger partial charge on any atom is 0.135 e. The molecule has 2 nitrogen and oxygen atoms in total. The summed E-state index contributed by atoms with van der Waals surface area (Å²) in [6.45, 7) is 0. The van der Waals surface area contributed by atoms with Gasteiger partial charge in [0, 0.05) is 28.0 Å². The fraction of sp³-hybridized carbons (Fsp3) is 0.0312. The molecule has 1 aromatic heterocycles. The Labute approximate surface area is 383 Å². The normalized spacial score (nSPS) is 14.3. The van der Waals surface area contributed by atoms with Gasteiger partial charge in [-0.1, -0.05) is 194 Å². The number of benzene rings is 10. The molecule has 0 radical (unpaired) electrons. The van der Waals surface area contributed by atoms with Gasteiger partial charge in [-0.15, -0.1) is 0 Å². The molecule has 10 aromatic carbocycles. The van der Waals surface area contributed by atoms with Crippen LogP contribution < -0.4 is 4.90 Å². The molecule has 2 heteroatoms. The molecule has 0 aliphatic heterocycles. The van der Waals surface area contributed by atoms with E-state index in [1.54, 1.807) is 0 Å². The van der Waals surface area contributed by atoms with Crippen molar-refractivity contribution in [1.82, 2.24) is 0 Å². The average Bonchev–Trinajstić information content (AvgIpc) is 4.15.